The summed E-state index contributed by atoms with van der Waals surface area (Å²) >= 11 is 0. The fraction of sp³-hybridized carbons (Fsp3) is 0.423. The third-order valence-electron chi connectivity index (χ3n) is 6.23. The SMILES string of the molecule is COc1cc(OC)c(/C=C/C(=O)c2c(OC)cc(OC)c(C3CCN(C)CC3)c2O)c(OC)c1.Cl. The van der Waals surface area contributed by atoms with E-state index in [4.69, 9.17) is 23.7 Å². The lowest BCUT2D eigenvalue weighted by atomic mass is 9.86. The molecule has 0 atom stereocenters. The zero-order valence-corrected chi connectivity index (χ0v) is 21.9. The van der Waals surface area contributed by atoms with Crippen LogP contribution in [0.15, 0.2) is 24.3 Å². The summed E-state index contributed by atoms with van der Waals surface area (Å²) in [5, 5.41) is 11.3. The lowest BCUT2D eigenvalue weighted by molar-refractivity contribution is 0.104. The number of hydrogen-bond acceptors (Lipinski definition) is 8. The van der Waals surface area contributed by atoms with Gasteiger partial charge in [-0.25, -0.2) is 0 Å². The number of carbonyl (C=O) groups excluding carboxylic acids is 1. The molecule has 2 aromatic carbocycles. The molecule has 2 aromatic rings. The van der Waals surface area contributed by atoms with Crippen LogP contribution in [0.2, 0.25) is 0 Å². The number of methoxy groups -OCH3 is 5. The van der Waals surface area contributed by atoms with E-state index in [2.05, 4.69) is 11.9 Å². The van der Waals surface area contributed by atoms with Crippen LogP contribution >= 0.6 is 12.4 Å². The van der Waals surface area contributed by atoms with E-state index in [0.717, 1.165) is 25.9 Å². The number of nitrogens with zero attached hydrogens (tertiary/aromatic N) is 1. The minimum absolute atomic E-state index is 0. The lowest BCUT2D eigenvalue weighted by Crippen LogP contribution is -2.29. The molecule has 0 amide bonds. The van der Waals surface area contributed by atoms with E-state index in [0.29, 0.717) is 34.1 Å². The fourth-order valence-electron chi connectivity index (χ4n) is 4.34. The molecule has 0 bridgehead atoms. The number of phenolic OH excluding ortho intramolecular Hbond substituents is 1. The third-order valence-corrected chi connectivity index (χ3v) is 6.23. The zero-order chi connectivity index (χ0) is 24.8. The van der Waals surface area contributed by atoms with Crippen molar-refractivity contribution in [2.75, 3.05) is 55.7 Å². The Morgan fingerprint density at radius 1 is 0.886 bits per heavy atom. The molecule has 1 heterocycles. The summed E-state index contributed by atoms with van der Waals surface area (Å²) in [5.74, 6) is 1.86. The molecule has 0 aliphatic carbocycles. The molecule has 8 nitrogen and oxygen atoms in total. The van der Waals surface area contributed by atoms with E-state index in [-0.39, 0.29) is 35.4 Å². The van der Waals surface area contributed by atoms with E-state index in [1.54, 1.807) is 38.5 Å². The second-order valence-corrected chi connectivity index (χ2v) is 8.14. The lowest BCUT2D eigenvalue weighted by Gasteiger charge is -2.31. The van der Waals surface area contributed by atoms with Crippen LogP contribution < -0.4 is 23.7 Å². The minimum Gasteiger partial charge on any atom is -0.507 e. The molecule has 35 heavy (non-hydrogen) atoms. The number of aromatic hydroxyl groups is 1. The summed E-state index contributed by atoms with van der Waals surface area (Å²) in [4.78, 5) is 15.6. The Morgan fingerprint density at radius 2 is 1.43 bits per heavy atom. The highest BCUT2D eigenvalue weighted by Crippen LogP contribution is 2.46. The van der Waals surface area contributed by atoms with Crippen LogP contribution in [0.4, 0.5) is 0 Å². The van der Waals surface area contributed by atoms with Gasteiger partial charge in [0.15, 0.2) is 5.78 Å². The summed E-state index contributed by atoms with van der Waals surface area (Å²) in [6.07, 6.45) is 4.68. The number of halogens is 1. The first-order chi connectivity index (χ1) is 16.4. The van der Waals surface area contributed by atoms with Gasteiger partial charge in [0, 0.05) is 23.8 Å². The summed E-state index contributed by atoms with van der Waals surface area (Å²) < 4.78 is 27.2. The van der Waals surface area contributed by atoms with Crippen molar-refractivity contribution in [1.29, 1.82) is 0 Å². The van der Waals surface area contributed by atoms with E-state index >= 15 is 0 Å². The average molecular weight is 508 g/mol. The van der Waals surface area contributed by atoms with Crippen molar-refractivity contribution < 1.29 is 33.6 Å². The van der Waals surface area contributed by atoms with Crippen molar-refractivity contribution in [3.8, 4) is 34.5 Å². The van der Waals surface area contributed by atoms with Gasteiger partial charge in [-0.05, 0) is 51.0 Å². The number of benzene rings is 2. The van der Waals surface area contributed by atoms with Gasteiger partial charge >= 0.3 is 0 Å². The Bertz CT molecular complexity index is 1040. The fourth-order valence-corrected chi connectivity index (χ4v) is 4.34. The van der Waals surface area contributed by atoms with Gasteiger partial charge in [0.25, 0.3) is 0 Å². The summed E-state index contributed by atoms with van der Waals surface area (Å²) in [7, 11) is 9.69. The van der Waals surface area contributed by atoms with E-state index in [1.807, 2.05) is 0 Å². The monoisotopic (exact) mass is 507 g/mol. The summed E-state index contributed by atoms with van der Waals surface area (Å²) in [5.41, 5.74) is 1.31. The first kappa shape index (κ1) is 28.1. The molecule has 0 unspecified atom stereocenters. The average Bonchev–Trinajstić information content (AvgIpc) is 2.86. The molecule has 1 fully saturated rings. The van der Waals surface area contributed by atoms with Gasteiger partial charge in [0.1, 0.15) is 40.1 Å². The van der Waals surface area contributed by atoms with Crippen LogP contribution in [0.1, 0.15) is 40.2 Å². The molecule has 0 saturated carbocycles. The van der Waals surface area contributed by atoms with Crippen LogP contribution in [0.3, 0.4) is 0 Å². The first-order valence-electron chi connectivity index (χ1n) is 11.1. The number of piperidine rings is 1. The second-order valence-electron chi connectivity index (χ2n) is 8.14. The van der Waals surface area contributed by atoms with E-state index in [9.17, 15) is 9.90 Å². The van der Waals surface area contributed by atoms with Crippen LogP contribution in [0.5, 0.6) is 34.5 Å². The molecule has 1 N–H and O–H groups in total. The van der Waals surface area contributed by atoms with Crippen molar-refractivity contribution in [1.82, 2.24) is 4.90 Å². The molecular weight excluding hydrogens is 474 g/mol. The molecule has 0 spiro atoms. The Kier molecular flexibility index (Phi) is 10.1. The molecule has 192 valence electrons. The number of ketones is 1. The third kappa shape index (κ3) is 5.94. The smallest absolute Gasteiger partial charge is 0.193 e. The van der Waals surface area contributed by atoms with Gasteiger partial charge in [0.05, 0.1) is 41.1 Å². The maximum Gasteiger partial charge on any atom is 0.193 e. The van der Waals surface area contributed by atoms with Crippen molar-refractivity contribution >= 4 is 24.3 Å². The van der Waals surface area contributed by atoms with Crippen molar-refractivity contribution in [2.24, 2.45) is 0 Å². The van der Waals surface area contributed by atoms with Gasteiger partial charge in [-0.2, -0.15) is 0 Å². The second kappa shape index (κ2) is 12.6. The topological polar surface area (TPSA) is 86.7 Å². The summed E-state index contributed by atoms with van der Waals surface area (Å²) in [6, 6.07) is 5.08. The Morgan fingerprint density at radius 3 is 1.91 bits per heavy atom. The normalized spacial score (nSPS) is 14.3. The van der Waals surface area contributed by atoms with Crippen LogP contribution in [0, 0.1) is 0 Å². The maximum atomic E-state index is 13.3. The van der Waals surface area contributed by atoms with Crippen molar-refractivity contribution in [3.63, 3.8) is 0 Å². The van der Waals surface area contributed by atoms with Crippen LogP contribution in [-0.4, -0.2) is 71.5 Å². The van der Waals surface area contributed by atoms with Gasteiger partial charge < -0.3 is 33.7 Å². The van der Waals surface area contributed by atoms with Gasteiger partial charge in [-0.15, -0.1) is 12.4 Å². The van der Waals surface area contributed by atoms with Gasteiger partial charge in [-0.3, -0.25) is 4.79 Å². The van der Waals surface area contributed by atoms with Crippen LogP contribution in [-0.2, 0) is 0 Å². The summed E-state index contributed by atoms with van der Waals surface area (Å²) in [6.45, 7) is 1.80. The Labute approximate surface area is 212 Å². The number of rotatable bonds is 9. The largest absolute Gasteiger partial charge is 0.507 e. The first-order valence-corrected chi connectivity index (χ1v) is 11.1. The number of ether oxygens (including phenoxy) is 5. The molecule has 0 aromatic heterocycles. The molecular formula is C26H34ClNO7. The quantitative estimate of drug-likeness (QED) is 0.390. The highest BCUT2D eigenvalue weighted by Gasteiger charge is 2.30. The highest BCUT2D eigenvalue weighted by atomic mass is 35.5. The number of carbonyl (C=O) groups is 1. The number of likely N-dealkylation sites (tertiary alicyclic amines) is 1. The Hall–Kier alpha value is -3.10. The zero-order valence-electron chi connectivity index (χ0n) is 21.0. The standard InChI is InChI=1S/C26H33NO7.ClH/c1-27-11-9-16(10-12-27)24-22(33-5)15-23(34-6)25(26(24)29)19(28)8-7-18-20(31-3)13-17(30-2)14-21(18)32-4;/h7-8,13-16,29H,9-12H2,1-6H3;1H/b8-7+;. The molecule has 1 aliphatic rings. The Balaban J connectivity index is 0.00000432. The maximum absolute atomic E-state index is 13.3. The number of hydrogen-bond donors (Lipinski definition) is 1. The molecule has 0 radical (unpaired) electrons. The molecule has 1 aliphatic heterocycles. The highest BCUT2D eigenvalue weighted by molar-refractivity contribution is 6.11. The number of phenols is 1. The predicted molar refractivity (Wildman–Crippen MR) is 137 cm³/mol. The molecule has 1 saturated heterocycles. The minimum atomic E-state index is -0.411. The van der Waals surface area contributed by atoms with Crippen LogP contribution in [0.25, 0.3) is 6.08 Å². The van der Waals surface area contributed by atoms with E-state index < -0.39 is 5.78 Å². The number of allylic oxidation sites excluding steroid dienone is 1. The molecule has 9 heteroatoms. The molecule has 3 rings (SSSR count). The van der Waals surface area contributed by atoms with E-state index in [1.165, 1.54) is 27.4 Å². The predicted octanol–water partition coefficient (Wildman–Crippen LogP) is 4.56. The van der Waals surface area contributed by atoms with Gasteiger partial charge in [-0.1, -0.05) is 0 Å². The van der Waals surface area contributed by atoms with Crippen molar-refractivity contribution in [2.45, 2.75) is 18.8 Å². The van der Waals surface area contributed by atoms with Gasteiger partial charge in [0.2, 0.25) is 0 Å². The van der Waals surface area contributed by atoms with Crippen molar-refractivity contribution in [3.05, 3.63) is 41.0 Å².